The minimum Gasteiger partial charge on any atom is -0.394 e. The Hall–Kier alpha value is -1.23. The van der Waals surface area contributed by atoms with Gasteiger partial charge in [0.2, 0.25) is 0 Å². The van der Waals surface area contributed by atoms with Gasteiger partial charge in [-0.2, -0.15) is 5.10 Å². The molecule has 0 fully saturated rings. The number of nitrogens with one attached hydrogen (secondary N) is 1. The Morgan fingerprint density at radius 3 is 2.42 bits per heavy atom. The van der Waals surface area contributed by atoms with Crippen LogP contribution < -0.4 is 11.1 Å². The number of rotatable bonds is 6. The summed E-state index contributed by atoms with van der Waals surface area (Å²) in [5.74, 6) is 1.25. The van der Waals surface area contributed by atoms with E-state index >= 15 is 0 Å². The molecule has 0 aliphatic carbocycles. The second-order valence-electron chi connectivity index (χ2n) is 6.33. The standard InChI is InChI=1S/C14H28N4O/c1-9(2)7-14(6,19)8-16-13-12(15)11(5)17-18(13)10(3)4/h9-10,16,19H,7-8,15H2,1-6H3. The third-order valence-corrected chi connectivity index (χ3v) is 3.11. The largest absolute Gasteiger partial charge is 0.394 e. The monoisotopic (exact) mass is 268 g/mol. The molecule has 1 aromatic heterocycles. The maximum Gasteiger partial charge on any atom is 0.148 e. The van der Waals surface area contributed by atoms with E-state index in [0.717, 1.165) is 17.9 Å². The average molecular weight is 268 g/mol. The van der Waals surface area contributed by atoms with Gasteiger partial charge in [0.15, 0.2) is 0 Å². The van der Waals surface area contributed by atoms with Crippen molar-refractivity contribution in [1.82, 2.24) is 9.78 Å². The lowest BCUT2D eigenvalue weighted by molar-refractivity contribution is 0.0514. The number of anilines is 2. The maximum absolute atomic E-state index is 10.3. The first kappa shape index (κ1) is 15.8. The molecular weight excluding hydrogens is 240 g/mol. The fourth-order valence-electron chi connectivity index (χ4n) is 2.34. The SMILES string of the molecule is Cc1nn(C(C)C)c(NCC(C)(O)CC(C)C)c1N. The van der Waals surface area contributed by atoms with Gasteiger partial charge in [0.25, 0.3) is 0 Å². The summed E-state index contributed by atoms with van der Waals surface area (Å²) in [7, 11) is 0. The fraction of sp³-hybridized carbons (Fsp3) is 0.786. The smallest absolute Gasteiger partial charge is 0.148 e. The molecule has 1 rings (SSSR count). The Bertz CT molecular complexity index is 421. The Labute approximate surface area is 116 Å². The molecule has 0 spiro atoms. The number of nitrogens with zero attached hydrogens (tertiary/aromatic N) is 2. The van der Waals surface area contributed by atoms with Crippen LogP contribution in [0.3, 0.4) is 0 Å². The highest BCUT2D eigenvalue weighted by Gasteiger charge is 2.23. The van der Waals surface area contributed by atoms with E-state index in [0.29, 0.717) is 18.2 Å². The molecule has 0 aliphatic rings. The first-order chi connectivity index (χ1) is 8.64. The van der Waals surface area contributed by atoms with E-state index in [1.807, 2.05) is 18.5 Å². The van der Waals surface area contributed by atoms with Gasteiger partial charge in [-0.05, 0) is 40.0 Å². The fourth-order valence-corrected chi connectivity index (χ4v) is 2.34. The molecule has 0 saturated heterocycles. The van der Waals surface area contributed by atoms with Crippen LogP contribution in [-0.4, -0.2) is 27.0 Å². The number of hydrogen-bond donors (Lipinski definition) is 3. The third-order valence-electron chi connectivity index (χ3n) is 3.11. The van der Waals surface area contributed by atoms with Crippen molar-refractivity contribution >= 4 is 11.5 Å². The topological polar surface area (TPSA) is 76.1 Å². The zero-order valence-electron chi connectivity index (χ0n) is 13.0. The van der Waals surface area contributed by atoms with Gasteiger partial charge in [-0.25, -0.2) is 4.68 Å². The molecule has 0 radical (unpaired) electrons. The van der Waals surface area contributed by atoms with E-state index in [-0.39, 0.29) is 6.04 Å². The van der Waals surface area contributed by atoms with Gasteiger partial charge in [0.05, 0.1) is 17.0 Å². The van der Waals surface area contributed by atoms with E-state index in [1.165, 1.54) is 0 Å². The Balaban J connectivity index is 2.83. The van der Waals surface area contributed by atoms with Crippen LogP contribution in [0, 0.1) is 12.8 Å². The Morgan fingerprint density at radius 2 is 1.95 bits per heavy atom. The summed E-state index contributed by atoms with van der Waals surface area (Å²) in [4.78, 5) is 0. The average Bonchev–Trinajstić information content (AvgIpc) is 2.51. The van der Waals surface area contributed by atoms with Gasteiger partial charge in [-0.1, -0.05) is 13.8 Å². The second kappa shape index (κ2) is 5.82. The molecule has 0 saturated carbocycles. The predicted octanol–water partition coefficient (Wildman–Crippen LogP) is 2.56. The van der Waals surface area contributed by atoms with Crippen molar-refractivity contribution in [1.29, 1.82) is 0 Å². The van der Waals surface area contributed by atoms with E-state index in [1.54, 1.807) is 0 Å². The van der Waals surface area contributed by atoms with Crippen molar-refractivity contribution in [3.05, 3.63) is 5.69 Å². The van der Waals surface area contributed by atoms with Crippen LogP contribution in [0.2, 0.25) is 0 Å². The highest BCUT2D eigenvalue weighted by atomic mass is 16.3. The Kier molecular flexibility index (Phi) is 4.85. The van der Waals surface area contributed by atoms with Gasteiger partial charge >= 0.3 is 0 Å². The molecule has 5 heteroatoms. The van der Waals surface area contributed by atoms with Crippen molar-refractivity contribution in [2.75, 3.05) is 17.6 Å². The maximum atomic E-state index is 10.3. The molecule has 4 N–H and O–H groups in total. The van der Waals surface area contributed by atoms with Gasteiger partial charge < -0.3 is 16.2 Å². The number of hydrogen-bond acceptors (Lipinski definition) is 4. The van der Waals surface area contributed by atoms with Gasteiger partial charge in [-0.15, -0.1) is 0 Å². The van der Waals surface area contributed by atoms with Crippen molar-refractivity contribution in [3.8, 4) is 0 Å². The van der Waals surface area contributed by atoms with Crippen molar-refractivity contribution in [3.63, 3.8) is 0 Å². The summed E-state index contributed by atoms with van der Waals surface area (Å²) in [5.41, 5.74) is 6.78. The number of aromatic nitrogens is 2. The summed E-state index contributed by atoms with van der Waals surface area (Å²) < 4.78 is 1.87. The third kappa shape index (κ3) is 4.13. The van der Waals surface area contributed by atoms with Gasteiger partial charge in [0, 0.05) is 12.6 Å². The summed E-state index contributed by atoms with van der Waals surface area (Å²) in [6.45, 7) is 12.5. The van der Waals surface area contributed by atoms with Crippen LogP contribution in [0.4, 0.5) is 11.5 Å². The zero-order chi connectivity index (χ0) is 14.8. The first-order valence-corrected chi connectivity index (χ1v) is 6.95. The van der Waals surface area contributed by atoms with Crippen LogP contribution in [0.25, 0.3) is 0 Å². The van der Waals surface area contributed by atoms with Crippen LogP contribution in [0.5, 0.6) is 0 Å². The zero-order valence-corrected chi connectivity index (χ0v) is 13.0. The molecule has 1 atom stereocenters. The lowest BCUT2D eigenvalue weighted by Crippen LogP contribution is -2.35. The first-order valence-electron chi connectivity index (χ1n) is 6.95. The summed E-state index contributed by atoms with van der Waals surface area (Å²) in [6.07, 6.45) is 0.745. The van der Waals surface area contributed by atoms with Crippen LogP contribution >= 0.6 is 0 Å². The number of aryl methyl sites for hydroxylation is 1. The van der Waals surface area contributed by atoms with E-state index in [2.05, 4.69) is 38.1 Å². The molecule has 0 amide bonds. The van der Waals surface area contributed by atoms with Crippen LogP contribution in [-0.2, 0) is 0 Å². The van der Waals surface area contributed by atoms with E-state index < -0.39 is 5.60 Å². The minimum atomic E-state index is -0.749. The van der Waals surface area contributed by atoms with Crippen molar-refractivity contribution in [2.24, 2.45) is 5.92 Å². The molecule has 0 bridgehead atoms. The molecule has 0 aromatic carbocycles. The van der Waals surface area contributed by atoms with E-state index in [4.69, 9.17) is 5.73 Å². The second-order valence-corrected chi connectivity index (χ2v) is 6.33. The minimum absolute atomic E-state index is 0.230. The molecular formula is C14H28N4O. The number of nitrogens with two attached hydrogens (primary N) is 1. The van der Waals surface area contributed by atoms with Crippen LogP contribution in [0.1, 0.15) is 52.8 Å². The van der Waals surface area contributed by atoms with E-state index in [9.17, 15) is 5.11 Å². The van der Waals surface area contributed by atoms with Gasteiger partial charge in [-0.3, -0.25) is 0 Å². The normalized spacial score (nSPS) is 15.0. The van der Waals surface area contributed by atoms with Crippen molar-refractivity contribution < 1.29 is 5.11 Å². The summed E-state index contributed by atoms with van der Waals surface area (Å²) >= 11 is 0. The molecule has 1 unspecified atom stereocenters. The number of aliphatic hydroxyl groups is 1. The highest BCUT2D eigenvalue weighted by Crippen LogP contribution is 2.26. The molecule has 0 aliphatic heterocycles. The molecule has 110 valence electrons. The lowest BCUT2D eigenvalue weighted by Gasteiger charge is -2.26. The van der Waals surface area contributed by atoms with Gasteiger partial charge in [0.1, 0.15) is 5.82 Å². The molecule has 1 aromatic rings. The molecule has 1 heterocycles. The predicted molar refractivity (Wildman–Crippen MR) is 80.3 cm³/mol. The quantitative estimate of drug-likeness (QED) is 0.741. The number of nitrogen functional groups attached to an aromatic ring is 1. The summed E-state index contributed by atoms with van der Waals surface area (Å²) in [6, 6.07) is 0.230. The lowest BCUT2D eigenvalue weighted by atomic mass is 9.94. The highest BCUT2D eigenvalue weighted by molar-refractivity contribution is 5.65. The van der Waals surface area contributed by atoms with Crippen LogP contribution in [0.15, 0.2) is 0 Å². The molecule has 19 heavy (non-hydrogen) atoms. The van der Waals surface area contributed by atoms with Crippen molar-refractivity contribution in [2.45, 2.75) is 59.6 Å². The summed E-state index contributed by atoms with van der Waals surface area (Å²) in [5, 5.41) is 18.0. The molecule has 5 nitrogen and oxygen atoms in total. The Morgan fingerprint density at radius 1 is 1.37 bits per heavy atom.